The SMILES string of the molecule is N#Cc1ccc(S(=O)(=O)Nc2cc(Cl)ccc2-n2cncn2)cc1. The molecule has 0 fully saturated rings. The molecule has 0 unspecified atom stereocenters. The highest BCUT2D eigenvalue weighted by Crippen LogP contribution is 2.26. The van der Waals surface area contributed by atoms with Gasteiger partial charge in [0.15, 0.2) is 0 Å². The smallest absolute Gasteiger partial charge is 0.261 e. The molecule has 24 heavy (non-hydrogen) atoms. The lowest BCUT2D eigenvalue weighted by atomic mass is 10.2. The Morgan fingerprint density at radius 3 is 2.54 bits per heavy atom. The third-order valence-corrected chi connectivity index (χ3v) is 4.78. The number of benzene rings is 2. The number of aromatic nitrogens is 3. The predicted octanol–water partition coefficient (Wildman–Crippen LogP) is 2.59. The summed E-state index contributed by atoms with van der Waals surface area (Å²) in [5, 5.41) is 13.2. The Morgan fingerprint density at radius 1 is 1.17 bits per heavy atom. The van der Waals surface area contributed by atoms with Gasteiger partial charge in [0.05, 0.1) is 27.9 Å². The molecule has 1 N–H and O–H groups in total. The first-order chi connectivity index (χ1) is 11.5. The second-order valence-corrected chi connectivity index (χ2v) is 6.86. The van der Waals surface area contributed by atoms with Gasteiger partial charge in [-0.05, 0) is 42.5 Å². The number of sulfonamides is 1. The van der Waals surface area contributed by atoms with E-state index >= 15 is 0 Å². The molecule has 0 saturated heterocycles. The minimum atomic E-state index is -3.85. The van der Waals surface area contributed by atoms with E-state index in [1.165, 1.54) is 47.7 Å². The molecule has 0 bridgehead atoms. The molecule has 120 valence electrons. The third kappa shape index (κ3) is 3.22. The van der Waals surface area contributed by atoms with Crippen molar-refractivity contribution in [1.29, 1.82) is 5.26 Å². The van der Waals surface area contributed by atoms with Crippen LogP contribution in [0.2, 0.25) is 5.02 Å². The zero-order valence-corrected chi connectivity index (χ0v) is 13.7. The summed E-state index contributed by atoms with van der Waals surface area (Å²) >= 11 is 5.98. The average Bonchev–Trinajstić information content (AvgIpc) is 3.09. The van der Waals surface area contributed by atoms with Crippen LogP contribution in [0.5, 0.6) is 0 Å². The van der Waals surface area contributed by atoms with E-state index < -0.39 is 10.0 Å². The molecule has 7 nitrogen and oxygen atoms in total. The Kier molecular flexibility index (Phi) is 4.20. The van der Waals surface area contributed by atoms with E-state index in [9.17, 15) is 8.42 Å². The van der Waals surface area contributed by atoms with Crippen molar-refractivity contribution in [2.45, 2.75) is 4.90 Å². The topological polar surface area (TPSA) is 101 Å². The van der Waals surface area contributed by atoms with Gasteiger partial charge in [-0.1, -0.05) is 11.6 Å². The minimum Gasteiger partial charge on any atom is -0.277 e. The molecule has 0 aliphatic rings. The second-order valence-electron chi connectivity index (χ2n) is 4.74. The molecule has 1 aromatic heterocycles. The van der Waals surface area contributed by atoms with Gasteiger partial charge in [0.25, 0.3) is 10.0 Å². The fourth-order valence-corrected chi connectivity index (χ4v) is 3.27. The van der Waals surface area contributed by atoms with Crippen LogP contribution in [-0.4, -0.2) is 23.2 Å². The summed E-state index contributed by atoms with van der Waals surface area (Å²) in [5.74, 6) is 0. The zero-order valence-electron chi connectivity index (χ0n) is 12.1. The van der Waals surface area contributed by atoms with Gasteiger partial charge in [0.1, 0.15) is 12.7 Å². The van der Waals surface area contributed by atoms with Gasteiger partial charge in [-0.2, -0.15) is 10.4 Å². The Labute approximate surface area is 143 Å². The van der Waals surface area contributed by atoms with Crippen LogP contribution in [0.3, 0.4) is 0 Å². The first-order valence-electron chi connectivity index (χ1n) is 6.67. The van der Waals surface area contributed by atoms with Gasteiger partial charge in [-0.25, -0.2) is 18.1 Å². The number of nitriles is 1. The van der Waals surface area contributed by atoms with E-state index in [0.717, 1.165) is 0 Å². The van der Waals surface area contributed by atoms with Crippen molar-refractivity contribution in [1.82, 2.24) is 14.8 Å². The van der Waals surface area contributed by atoms with Gasteiger partial charge >= 0.3 is 0 Å². The van der Waals surface area contributed by atoms with E-state index in [0.29, 0.717) is 16.3 Å². The number of hydrogen-bond donors (Lipinski definition) is 1. The van der Waals surface area contributed by atoms with E-state index in [1.54, 1.807) is 12.1 Å². The number of nitrogens with one attached hydrogen (secondary N) is 1. The van der Waals surface area contributed by atoms with Crippen molar-refractivity contribution in [3.8, 4) is 11.8 Å². The van der Waals surface area contributed by atoms with Gasteiger partial charge in [-0.15, -0.1) is 0 Å². The summed E-state index contributed by atoms with van der Waals surface area (Å²) in [4.78, 5) is 3.88. The number of halogens is 1. The van der Waals surface area contributed by atoms with Crippen molar-refractivity contribution >= 4 is 27.3 Å². The molecule has 0 aliphatic heterocycles. The maximum atomic E-state index is 12.6. The maximum Gasteiger partial charge on any atom is 0.261 e. The van der Waals surface area contributed by atoms with Crippen LogP contribution in [0.4, 0.5) is 5.69 Å². The first kappa shape index (κ1) is 16.0. The van der Waals surface area contributed by atoms with Crippen molar-refractivity contribution < 1.29 is 8.42 Å². The first-order valence-corrected chi connectivity index (χ1v) is 8.53. The van der Waals surface area contributed by atoms with Crippen LogP contribution in [0.15, 0.2) is 60.0 Å². The molecule has 0 radical (unpaired) electrons. The summed E-state index contributed by atoms with van der Waals surface area (Å²) < 4.78 is 29.0. The molecule has 2 aromatic carbocycles. The van der Waals surface area contributed by atoms with E-state index in [1.807, 2.05) is 6.07 Å². The lowest BCUT2D eigenvalue weighted by Gasteiger charge is -2.13. The summed E-state index contributed by atoms with van der Waals surface area (Å²) in [5.41, 5.74) is 1.12. The van der Waals surface area contributed by atoms with E-state index in [-0.39, 0.29) is 10.6 Å². The Morgan fingerprint density at radius 2 is 1.92 bits per heavy atom. The third-order valence-electron chi connectivity index (χ3n) is 3.16. The molecular weight excluding hydrogens is 350 g/mol. The Bertz CT molecular complexity index is 1010. The standard InChI is InChI=1S/C15H10ClN5O2S/c16-12-3-6-15(21-10-18-9-19-21)14(7-12)20-24(22,23)13-4-1-11(8-17)2-5-13/h1-7,9-10,20H. The molecule has 3 aromatic rings. The lowest BCUT2D eigenvalue weighted by Crippen LogP contribution is -2.15. The van der Waals surface area contributed by atoms with Crippen LogP contribution in [-0.2, 0) is 10.0 Å². The fourth-order valence-electron chi connectivity index (χ4n) is 2.03. The van der Waals surface area contributed by atoms with Gasteiger partial charge in [0.2, 0.25) is 0 Å². The molecule has 9 heteroatoms. The van der Waals surface area contributed by atoms with Crippen LogP contribution >= 0.6 is 11.6 Å². The van der Waals surface area contributed by atoms with Gasteiger partial charge in [-0.3, -0.25) is 4.72 Å². The number of nitrogens with zero attached hydrogens (tertiary/aromatic N) is 4. The molecule has 0 spiro atoms. The molecular formula is C15H10ClN5O2S. The molecule has 0 aliphatic carbocycles. The average molecular weight is 360 g/mol. The summed E-state index contributed by atoms with van der Waals surface area (Å²) in [6.07, 6.45) is 2.79. The largest absolute Gasteiger partial charge is 0.277 e. The highest BCUT2D eigenvalue weighted by molar-refractivity contribution is 7.92. The summed E-state index contributed by atoms with van der Waals surface area (Å²) in [7, 11) is -3.85. The fraction of sp³-hybridized carbons (Fsp3) is 0. The zero-order chi connectivity index (χ0) is 17.2. The molecule has 3 rings (SSSR count). The van der Waals surface area contributed by atoms with E-state index in [4.69, 9.17) is 16.9 Å². The predicted molar refractivity (Wildman–Crippen MR) is 88.3 cm³/mol. The quantitative estimate of drug-likeness (QED) is 0.771. The van der Waals surface area contributed by atoms with E-state index in [2.05, 4.69) is 14.8 Å². The van der Waals surface area contributed by atoms with Crippen LogP contribution in [0.1, 0.15) is 5.56 Å². The van der Waals surface area contributed by atoms with Gasteiger partial charge < -0.3 is 0 Å². The van der Waals surface area contributed by atoms with Crippen LogP contribution in [0, 0.1) is 11.3 Å². The number of hydrogen-bond acceptors (Lipinski definition) is 5. The minimum absolute atomic E-state index is 0.0333. The van der Waals surface area contributed by atoms with Crippen molar-refractivity contribution in [3.63, 3.8) is 0 Å². The summed E-state index contributed by atoms with van der Waals surface area (Å²) in [6, 6.07) is 12.3. The van der Waals surface area contributed by atoms with Crippen molar-refractivity contribution in [2.75, 3.05) is 4.72 Å². The monoisotopic (exact) mass is 359 g/mol. The van der Waals surface area contributed by atoms with Crippen LogP contribution < -0.4 is 4.72 Å². The Hall–Kier alpha value is -2.89. The molecule has 0 amide bonds. The number of anilines is 1. The maximum absolute atomic E-state index is 12.6. The highest BCUT2D eigenvalue weighted by atomic mass is 35.5. The van der Waals surface area contributed by atoms with Crippen LogP contribution in [0.25, 0.3) is 5.69 Å². The number of rotatable bonds is 4. The highest BCUT2D eigenvalue weighted by Gasteiger charge is 2.17. The van der Waals surface area contributed by atoms with Crippen molar-refractivity contribution in [2.24, 2.45) is 0 Å². The van der Waals surface area contributed by atoms with Crippen molar-refractivity contribution in [3.05, 3.63) is 65.7 Å². The lowest BCUT2D eigenvalue weighted by molar-refractivity contribution is 0.601. The normalized spacial score (nSPS) is 11.0. The summed E-state index contributed by atoms with van der Waals surface area (Å²) in [6.45, 7) is 0. The molecule has 0 atom stereocenters. The van der Waals surface area contributed by atoms with Gasteiger partial charge in [0, 0.05) is 5.02 Å². The molecule has 0 saturated carbocycles. The molecule has 1 heterocycles. The Balaban J connectivity index is 2.01. The second kappa shape index (κ2) is 6.31.